The monoisotopic (exact) mass is 551 g/mol. The Labute approximate surface area is 232 Å². The van der Waals surface area contributed by atoms with Gasteiger partial charge in [-0.3, -0.25) is 10.1 Å². The summed E-state index contributed by atoms with van der Waals surface area (Å²) in [5.41, 5.74) is 7.98. The van der Waals surface area contributed by atoms with E-state index >= 15 is 0 Å². The van der Waals surface area contributed by atoms with E-state index in [1.54, 1.807) is 66.4 Å². The molecule has 39 heavy (non-hydrogen) atoms. The number of phenols is 1. The normalized spacial score (nSPS) is 12.5. The van der Waals surface area contributed by atoms with Crippen molar-refractivity contribution in [1.29, 1.82) is 0 Å². The van der Waals surface area contributed by atoms with Crippen molar-refractivity contribution in [3.63, 3.8) is 0 Å². The third kappa shape index (κ3) is 8.69. The average molecular weight is 552 g/mol. The molecule has 0 bridgehead atoms. The van der Waals surface area contributed by atoms with Gasteiger partial charge in [-0.15, -0.1) is 11.8 Å². The van der Waals surface area contributed by atoms with Crippen LogP contribution in [0.15, 0.2) is 83.8 Å². The van der Waals surface area contributed by atoms with Crippen LogP contribution in [0.3, 0.4) is 0 Å². The van der Waals surface area contributed by atoms with Crippen LogP contribution in [0, 0.1) is 0 Å². The van der Waals surface area contributed by atoms with Crippen LogP contribution in [0.4, 0.5) is 21.9 Å². The molecule has 3 aromatic carbocycles. The molecule has 3 rings (SSSR count). The van der Waals surface area contributed by atoms with Crippen molar-refractivity contribution >= 4 is 40.8 Å². The van der Waals surface area contributed by atoms with Crippen molar-refractivity contribution in [3.05, 3.63) is 84.4 Å². The Morgan fingerprint density at radius 3 is 2.44 bits per heavy atom. The van der Waals surface area contributed by atoms with Crippen LogP contribution in [0.1, 0.15) is 24.5 Å². The van der Waals surface area contributed by atoms with Crippen LogP contribution < -0.4 is 21.1 Å². The summed E-state index contributed by atoms with van der Waals surface area (Å²) in [6, 6.07) is 19.1. The number of thioether (sulfide) groups is 1. The summed E-state index contributed by atoms with van der Waals surface area (Å²) in [5, 5.41) is 15.8. The van der Waals surface area contributed by atoms with Gasteiger partial charge in [0.25, 0.3) is 0 Å². The largest absolute Gasteiger partial charge is 0.504 e. The maximum absolute atomic E-state index is 12.8. The van der Waals surface area contributed by atoms with E-state index in [4.69, 9.17) is 19.9 Å². The number of ether oxygens (including phenoxy) is 3. The number of nitrogens with two attached hydrogens (primary N) is 1. The zero-order valence-corrected chi connectivity index (χ0v) is 22.9. The number of phenolic OH excluding ortho intramolecular Hbond substituents is 1. The lowest BCUT2D eigenvalue weighted by atomic mass is 9.99. The Morgan fingerprint density at radius 1 is 1.05 bits per heavy atom. The van der Waals surface area contributed by atoms with E-state index in [0.29, 0.717) is 35.5 Å². The number of anilines is 3. The van der Waals surface area contributed by atoms with Crippen LogP contribution in [0.2, 0.25) is 0 Å². The number of hydrogen-bond donors (Lipinski definition) is 4. The minimum atomic E-state index is -0.858. The van der Waals surface area contributed by atoms with Crippen LogP contribution in [-0.4, -0.2) is 43.7 Å². The van der Waals surface area contributed by atoms with Gasteiger partial charge in [0.05, 0.1) is 24.6 Å². The smallest absolute Gasteiger partial charge is 0.412 e. The summed E-state index contributed by atoms with van der Waals surface area (Å²) in [5.74, 6) is -0.123. The maximum atomic E-state index is 12.8. The van der Waals surface area contributed by atoms with Crippen LogP contribution in [0.25, 0.3) is 0 Å². The van der Waals surface area contributed by atoms with Gasteiger partial charge in [0.15, 0.2) is 17.6 Å². The molecule has 10 heteroatoms. The predicted molar refractivity (Wildman–Crippen MR) is 154 cm³/mol. The number of para-hydroxylation sites is 2. The lowest BCUT2D eigenvalue weighted by Crippen LogP contribution is -2.28. The number of rotatable bonds is 12. The number of hydrogen-bond acceptors (Lipinski definition) is 8. The van der Waals surface area contributed by atoms with Crippen LogP contribution in [0.5, 0.6) is 11.5 Å². The van der Waals surface area contributed by atoms with E-state index < -0.39 is 18.3 Å². The molecule has 0 aliphatic carbocycles. The molecular formula is C29H33N3O6S. The molecule has 0 saturated heterocycles. The third-order valence-corrected chi connectivity index (χ3v) is 6.59. The summed E-state index contributed by atoms with van der Waals surface area (Å²) < 4.78 is 16.6. The Kier molecular flexibility index (Phi) is 11.1. The number of nitrogens with one attached hydrogen (secondary N) is 2. The number of methoxy groups -OCH3 is 2. The van der Waals surface area contributed by atoms with Gasteiger partial charge < -0.3 is 30.4 Å². The molecule has 0 spiro atoms. The van der Waals surface area contributed by atoms with Crippen LogP contribution in [-0.2, 0) is 14.3 Å². The number of benzene rings is 3. The van der Waals surface area contributed by atoms with Gasteiger partial charge >= 0.3 is 6.09 Å². The molecule has 3 aromatic rings. The van der Waals surface area contributed by atoms with E-state index in [9.17, 15) is 14.7 Å². The van der Waals surface area contributed by atoms with Gasteiger partial charge in [-0.2, -0.15) is 0 Å². The van der Waals surface area contributed by atoms with Crippen molar-refractivity contribution in [2.45, 2.75) is 29.9 Å². The molecule has 0 aromatic heterocycles. The molecular weight excluding hydrogens is 518 g/mol. The topological polar surface area (TPSA) is 132 Å². The molecule has 0 fully saturated rings. The van der Waals surface area contributed by atoms with Gasteiger partial charge in [-0.05, 0) is 79.3 Å². The fourth-order valence-corrected chi connectivity index (χ4v) is 4.22. The second-order valence-corrected chi connectivity index (χ2v) is 9.32. The molecule has 2 atom stereocenters. The minimum absolute atomic E-state index is 0.0942. The Morgan fingerprint density at radius 2 is 1.79 bits per heavy atom. The molecule has 9 nitrogen and oxygen atoms in total. The number of carbonyl (C=O) groups excluding carboxylic acids is 2. The van der Waals surface area contributed by atoms with E-state index in [-0.39, 0.29) is 17.4 Å². The highest BCUT2D eigenvalue weighted by Gasteiger charge is 2.28. The molecule has 0 aliphatic heterocycles. The molecule has 206 valence electrons. The van der Waals surface area contributed by atoms with Crippen molar-refractivity contribution in [2.24, 2.45) is 0 Å². The minimum Gasteiger partial charge on any atom is -0.504 e. The number of nitrogen functional groups attached to an aromatic ring is 1. The standard InChI is InChI=1S/C29H33N3O6S/c1-36-25-17-12-19(18-24(25)33)28(38-29(35)31-20-13-15-21(39-3)16-14-20)26(37-2)10-6-7-11-27(34)32-23-9-5-4-8-22(23)30/h4-5,7-9,11-18,26,28,33H,6,10,30H2,1-3H3,(H,31,35)(H,32,34)/b11-7+/t26-,28-/m0/s1. The summed E-state index contributed by atoms with van der Waals surface area (Å²) in [6.45, 7) is 0. The van der Waals surface area contributed by atoms with E-state index in [0.717, 1.165) is 4.90 Å². The fraction of sp³-hybridized carbons (Fsp3) is 0.241. The van der Waals surface area contributed by atoms with Gasteiger partial charge in [0.2, 0.25) is 5.91 Å². The summed E-state index contributed by atoms with van der Waals surface area (Å²) in [6.07, 6.45) is 3.84. The quantitative estimate of drug-likeness (QED) is 0.123. The van der Waals surface area contributed by atoms with Crippen molar-refractivity contribution in [3.8, 4) is 11.5 Å². The highest BCUT2D eigenvalue weighted by molar-refractivity contribution is 7.98. The molecule has 0 radical (unpaired) electrons. The summed E-state index contributed by atoms with van der Waals surface area (Å²) in [4.78, 5) is 26.2. The average Bonchev–Trinajstić information content (AvgIpc) is 2.94. The molecule has 0 unspecified atom stereocenters. The van der Waals surface area contributed by atoms with Gasteiger partial charge in [-0.1, -0.05) is 24.3 Å². The maximum Gasteiger partial charge on any atom is 0.412 e. The first-order valence-electron chi connectivity index (χ1n) is 12.2. The van der Waals surface area contributed by atoms with Crippen molar-refractivity contribution in [2.75, 3.05) is 36.8 Å². The third-order valence-electron chi connectivity index (χ3n) is 5.85. The lowest BCUT2D eigenvalue weighted by Gasteiger charge is -2.26. The lowest BCUT2D eigenvalue weighted by molar-refractivity contribution is -0.111. The van der Waals surface area contributed by atoms with E-state index in [1.807, 2.05) is 18.4 Å². The first-order valence-corrected chi connectivity index (χ1v) is 13.4. The molecule has 0 saturated carbocycles. The van der Waals surface area contributed by atoms with Gasteiger partial charge in [-0.25, -0.2) is 4.79 Å². The Bertz CT molecular complexity index is 1280. The van der Waals surface area contributed by atoms with Crippen molar-refractivity contribution in [1.82, 2.24) is 0 Å². The summed E-state index contributed by atoms with van der Waals surface area (Å²) in [7, 11) is 2.96. The predicted octanol–water partition coefficient (Wildman–Crippen LogP) is 5.98. The second-order valence-electron chi connectivity index (χ2n) is 8.44. The fourth-order valence-electron chi connectivity index (χ4n) is 3.81. The number of carbonyl (C=O) groups is 2. The number of amides is 2. The Hall–Kier alpha value is -4.15. The number of aromatic hydroxyl groups is 1. The zero-order chi connectivity index (χ0) is 28.2. The number of allylic oxidation sites excluding steroid dienone is 1. The molecule has 2 amide bonds. The Balaban J connectivity index is 1.70. The molecule has 5 N–H and O–H groups in total. The van der Waals surface area contributed by atoms with E-state index in [1.165, 1.54) is 26.4 Å². The molecule has 0 aliphatic rings. The zero-order valence-electron chi connectivity index (χ0n) is 22.0. The van der Waals surface area contributed by atoms with Gasteiger partial charge in [0.1, 0.15) is 0 Å². The molecule has 0 heterocycles. The van der Waals surface area contributed by atoms with Gasteiger partial charge in [0, 0.05) is 17.7 Å². The highest BCUT2D eigenvalue weighted by Crippen LogP contribution is 2.34. The highest BCUT2D eigenvalue weighted by atomic mass is 32.2. The van der Waals surface area contributed by atoms with Crippen LogP contribution >= 0.6 is 11.8 Å². The first-order chi connectivity index (χ1) is 18.8. The van der Waals surface area contributed by atoms with Crippen molar-refractivity contribution < 1.29 is 28.9 Å². The SMILES string of the molecule is COc1ccc([C@H](OC(=O)Nc2ccc(SC)cc2)[C@H](CC/C=C/C(=O)Nc2ccccc2N)OC)cc1O. The summed E-state index contributed by atoms with van der Waals surface area (Å²) >= 11 is 1.60. The van der Waals surface area contributed by atoms with E-state index in [2.05, 4.69) is 10.6 Å². The second kappa shape index (κ2) is 14.7. The first kappa shape index (κ1) is 29.4.